The lowest BCUT2D eigenvalue weighted by atomic mass is 10.3. The first-order chi connectivity index (χ1) is 12.5. The number of nitrogens with zero attached hydrogens (tertiary/aromatic N) is 1. The van der Waals surface area contributed by atoms with Crippen LogP contribution >= 0.6 is 0 Å². The molecule has 0 radical (unpaired) electrons. The second kappa shape index (κ2) is 6.64. The van der Waals surface area contributed by atoms with Crippen molar-refractivity contribution in [3.8, 4) is 5.75 Å². The molecular weight excluding hydrogens is 350 g/mol. The minimum absolute atomic E-state index is 0.206. The normalized spacial score (nSPS) is 15.4. The summed E-state index contributed by atoms with van der Waals surface area (Å²) in [5.74, 6) is 1.50. The summed E-state index contributed by atoms with van der Waals surface area (Å²) in [5, 5.41) is 0. The predicted molar refractivity (Wildman–Crippen MR) is 101 cm³/mol. The van der Waals surface area contributed by atoms with E-state index in [2.05, 4.69) is 14.7 Å². The van der Waals surface area contributed by atoms with E-state index in [9.17, 15) is 8.42 Å². The first kappa shape index (κ1) is 16.9. The highest BCUT2D eigenvalue weighted by atomic mass is 32.2. The molecule has 136 valence electrons. The maximum absolute atomic E-state index is 12.6. The van der Waals surface area contributed by atoms with Gasteiger partial charge in [0.2, 0.25) is 0 Å². The number of imidazole rings is 1. The minimum atomic E-state index is -3.66. The zero-order valence-corrected chi connectivity index (χ0v) is 15.3. The highest BCUT2D eigenvalue weighted by Crippen LogP contribution is 2.26. The summed E-state index contributed by atoms with van der Waals surface area (Å²) in [6.45, 7) is 1.86. The molecule has 1 aliphatic rings. The third kappa shape index (κ3) is 3.53. The van der Waals surface area contributed by atoms with Gasteiger partial charge >= 0.3 is 0 Å². The highest BCUT2D eigenvalue weighted by molar-refractivity contribution is 7.92. The van der Waals surface area contributed by atoms with E-state index in [0.717, 1.165) is 29.7 Å². The number of H-pyrrole nitrogens is 1. The SMILES string of the molecule is Cc1nc2ccc(NS(=O)(=O)c3ccc(OC4CCCC4)cc3)cc2[nH]1. The van der Waals surface area contributed by atoms with Gasteiger partial charge in [0.25, 0.3) is 10.0 Å². The Labute approximate surface area is 152 Å². The summed E-state index contributed by atoms with van der Waals surface area (Å²) in [7, 11) is -3.66. The molecule has 1 heterocycles. The van der Waals surface area contributed by atoms with Crippen molar-refractivity contribution in [2.24, 2.45) is 0 Å². The first-order valence-corrected chi connectivity index (χ1v) is 10.2. The molecular formula is C19H21N3O3S. The van der Waals surface area contributed by atoms with Gasteiger partial charge in [-0.1, -0.05) is 0 Å². The quantitative estimate of drug-likeness (QED) is 0.710. The van der Waals surface area contributed by atoms with Crippen molar-refractivity contribution in [2.45, 2.75) is 43.6 Å². The number of aromatic nitrogens is 2. The van der Waals surface area contributed by atoms with E-state index >= 15 is 0 Å². The number of ether oxygens (including phenoxy) is 1. The van der Waals surface area contributed by atoms with Crippen LogP contribution in [0, 0.1) is 6.92 Å². The Kier molecular flexibility index (Phi) is 4.32. The molecule has 0 spiro atoms. The zero-order valence-electron chi connectivity index (χ0n) is 14.5. The first-order valence-electron chi connectivity index (χ1n) is 8.75. The van der Waals surface area contributed by atoms with E-state index in [4.69, 9.17) is 4.74 Å². The van der Waals surface area contributed by atoms with Crippen molar-refractivity contribution in [1.29, 1.82) is 0 Å². The van der Waals surface area contributed by atoms with E-state index in [1.165, 1.54) is 12.8 Å². The molecule has 26 heavy (non-hydrogen) atoms. The summed E-state index contributed by atoms with van der Waals surface area (Å²) in [4.78, 5) is 7.62. The number of aromatic amines is 1. The molecule has 0 atom stereocenters. The number of benzene rings is 2. The summed E-state index contributed by atoms with van der Waals surface area (Å²) in [6, 6.07) is 11.8. The van der Waals surface area contributed by atoms with Gasteiger partial charge < -0.3 is 9.72 Å². The lowest BCUT2D eigenvalue weighted by Gasteiger charge is -2.13. The van der Waals surface area contributed by atoms with E-state index in [-0.39, 0.29) is 11.0 Å². The third-order valence-corrected chi connectivity index (χ3v) is 5.99. The van der Waals surface area contributed by atoms with Crippen molar-refractivity contribution < 1.29 is 13.2 Å². The molecule has 1 aromatic heterocycles. The number of anilines is 1. The number of nitrogens with one attached hydrogen (secondary N) is 2. The Bertz CT molecular complexity index is 1020. The van der Waals surface area contributed by atoms with Crippen LogP contribution in [-0.2, 0) is 10.0 Å². The van der Waals surface area contributed by atoms with E-state index in [1.807, 2.05) is 6.92 Å². The van der Waals surface area contributed by atoms with Gasteiger partial charge in [-0.2, -0.15) is 0 Å². The highest BCUT2D eigenvalue weighted by Gasteiger charge is 2.18. The third-order valence-electron chi connectivity index (χ3n) is 4.59. The van der Waals surface area contributed by atoms with Gasteiger partial charge in [0.05, 0.1) is 27.7 Å². The molecule has 0 aliphatic heterocycles. The summed E-state index contributed by atoms with van der Waals surface area (Å²) < 4.78 is 33.7. The fourth-order valence-electron chi connectivity index (χ4n) is 3.31. The van der Waals surface area contributed by atoms with Gasteiger partial charge in [0.15, 0.2) is 0 Å². The molecule has 1 aliphatic carbocycles. The number of sulfonamides is 1. The van der Waals surface area contributed by atoms with Gasteiger partial charge in [-0.25, -0.2) is 13.4 Å². The molecule has 6 nitrogen and oxygen atoms in total. The van der Waals surface area contributed by atoms with Crippen molar-refractivity contribution >= 4 is 26.7 Å². The number of fused-ring (bicyclic) bond motifs is 1. The molecule has 1 fully saturated rings. The lowest BCUT2D eigenvalue weighted by molar-refractivity contribution is 0.210. The van der Waals surface area contributed by atoms with Gasteiger partial charge in [0.1, 0.15) is 11.6 Å². The molecule has 7 heteroatoms. The van der Waals surface area contributed by atoms with Crippen LogP contribution in [0.5, 0.6) is 5.75 Å². The fourth-order valence-corrected chi connectivity index (χ4v) is 4.36. The number of hydrogen-bond donors (Lipinski definition) is 2. The van der Waals surface area contributed by atoms with Crippen LogP contribution in [0.1, 0.15) is 31.5 Å². The average Bonchev–Trinajstić information content (AvgIpc) is 3.23. The van der Waals surface area contributed by atoms with Gasteiger partial charge in [-0.05, 0) is 75.1 Å². The van der Waals surface area contributed by atoms with Crippen LogP contribution < -0.4 is 9.46 Å². The summed E-state index contributed by atoms with van der Waals surface area (Å²) in [5.41, 5.74) is 2.09. The molecule has 2 N–H and O–H groups in total. The standard InChI is InChI=1S/C19H21N3O3S/c1-13-20-18-11-6-14(12-19(18)21-13)22-26(23,24)17-9-7-16(8-10-17)25-15-4-2-3-5-15/h6-12,15,22H,2-5H2,1H3,(H,20,21). The fraction of sp³-hybridized carbons (Fsp3) is 0.316. The van der Waals surface area contributed by atoms with E-state index in [0.29, 0.717) is 11.4 Å². The molecule has 2 aromatic carbocycles. The van der Waals surface area contributed by atoms with Gasteiger partial charge in [-0.3, -0.25) is 4.72 Å². The topological polar surface area (TPSA) is 84.1 Å². The number of aryl methyl sites for hydroxylation is 1. The Morgan fingerprint density at radius 2 is 1.85 bits per heavy atom. The van der Waals surface area contributed by atoms with E-state index in [1.54, 1.807) is 42.5 Å². The monoisotopic (exact) mass is 371 g/mol. The van der Waals surface area contributed by atoms with Crippen molar-refractivity contribution in [3.05, 3.63) is 48.3 Å². The molecule has 0 amide bonds. The lowest BCUT2D eigenvalue weighted by Crippen LogP contribution is -2.13. The number of rotatable bonds is 5. The van der Waals surface area contributed by atoms with Crippen LogP contribution in [0.15, 0.2) is 47.4 Å². The van der Waals surface area contributed by atoms with Crippen LogP contribution in [0.25, 0.3) is 11.0 Å². The Morgan fingerprint density at radius 1 is 1.12 bits per heavy atom. The molecule has 1 saturated carbocycles. The average molecular weight is 371 g/mol. The van der Waals surface area contributed by atoms with Crippen LogP contribution in [0.4, 0.5) is 5.69 Å². The van der Waals surface area contributed by atoms with Crippen LogP contribution in [0.2, 0.25) is 0 Å². The maximum Gasteiger partial charge on any atom is 0.261 e. The Morgan fingerprint density at radius 3 is 2.58 bits per heavy atom. The van der Waals surface area contributed by atoms with Crippen LogP contribution in [-0.4, -0.2) is 24.5 Å². The zero-order chi connectivity index (χ0) is 18.1. The molecule has 4 rings (SSSR count). The van der Waals surface area contributed by atoms with Crippen molar-refractivity contribution in [3.63, 3.8) is 0 Å². The number of hydrogen-bond acceptors (Lipinski definition) is 4. The summed E-state index contributed by atoms with van der Waals surface area (Å²) in [6.07, 6.45) is 4.77. The molecule has 3 aromatic rings. The predicted octanol–water partition coefficient (Wildman–Crippen LogP) is 3.99. The molecule has 0 unspecified atom stereocenters. The van der Waals surface area contributed by atoms with Gasteiger partial charge in [-0.15, -0.1) is 0 Å². The van der Waals surface area contributed by atoms with Crippen molar-refractivity contribution in [2.75, 3.05) is 4.72 Å². The van der Waals surface area contributed by atoms with Gasteiger partial charge in [0, 0.05) is 0 Å². The largest absolute Gasteiger partial charge is 0.490 e. The second-order valence-electron chi connectivity index (χ2n) is 6.66. The smallest absolute Gasteiger partial charge is 0.261 e. The Hall–Kier alpha value is -2.54. The van der Waals surface area contributed by atoms with E-state index < -0.39 is 10.0 Å². The maximum atomic E-state index is 12.6. The molecule has 0 bridgehead atoms. The molecule has 0 saturated heterocycles. The summed E-state index contributed by atoms with van der Waals surface area (Å²) >= 11 is 0. The van der Waals surface area contributed by atoms with Crippen LogP contribution in [0.3, 0.4) is 0 Å². The van der Waals surface area contributed by atoms with Crippen molar-refractivity contribution in [1.82, 2.24) is 9.97 Å². The second-order valence-corrected chi connectivity index (χ2v) is 8.34. The minimum Gasteiger partial charge on any atom is -0.490 e. The Balaban J connectivity index is 1.51.